The average molecular weight is 267 g/mol. The highest BCUT2D eigenvalue weighted by molar-refractivity contribution is 5.88. The highest BCUT2D eigenvalue weighted by atomic mass is 15.1. The molecule has 3 N–H and O–H groups in total. The highest BCUT2D eigenvalue weighted by Crippen LogP contribution is 2.27. The lowest BCUT2D eigenvalue weighted by molar-refractivity contribution is 0.820. The third-order valence-corrected chi connectivity index (χ3v) is 3.35. The first kappa shape index (κ1) is 12.6. The number of nitrogens with one attached hydrogen (secondary N) is 1. The Morgan fingerprint density at radius 1 is 1.20 bits per heavy atom. The molecule has 1 atom stereocenters. The normalized spacial score (nSPS) is 12.6. The van der Waals surface area contributed by atoms with Gasteiger partial charge in [0.25, 0.3) is 0 Å². The first-order chi connectivity index (χ1) is 9.66. The van der Waals surface area contributed by atoms with Gasteiger partial charge in [-0.3, -0.25) is 0 Å². The van der Waals surface area contributed by atoms with Crippen molar-refractivity contribution in [3.05, 3.63) is 48.4 Å². The summed E-state index contributed by atoms with van der Waals surface area (Å²) in [6.45, 7) is 1.97. The molecule has 5 nitrogen and oxygen atoms in total. The second-order valence-corrected chi connectivity index (χ2v) is 4.88. The van der Waals surface area contributed by atoms with Crippen LogP contribution in [0.1, 0.15) is 18.5 Å². The third-order valence-electron chi connectivity index (χ3n) is 3.35. The predicted molar refractivity (Wildman–Crippen MR) is 80.8 cm³/mol. The molecule has 5 heteroatoms. The van der Waals surface area contributed by atoms with E-state index in [1.807, 2.05) is 48.9 Å². The standard InChI is InChI=1S/C15H17N5/c1-10(16)11-5-3-4-6-12(11)19-15-14-13(7-8-17-15)20(2)9-18-14/h3-10H,16H2,1-2H3,(H,17,19). The molecule has 1 aromatic carbocycles. The zero-order valence-electron chi connectivity index (χ0n) is 11.5. The van der Waals surface area contributed by atoms with Gasteiger partial charge in [0.05, 0.1) is 11.8 Å². The summed E-state index contributed by atoms with van der Waals surface area (Å²) in [4.78, 5) is 8.78. The van der Waals surface area contributed by atoms with Crippen molar-refractivity contribution >= 4 is 22.5 Å². The van der Waals surface area contributed by atoms with E-state index in [-0.39, 0.29) is 6.04 Å². The molecule has 0 aliphatic rings. The summed E-state index contributed by atoms with van der Waals surface area (Å²) in [5, 5.41) is 3.34. The number of fused-ring (bicyclic) bond motifs is 1. The number of hydrogen-bond donors (Lipinski definition) is 2. The second kappa shape index (κ2) is 4.94. The number of pyridine rings is 1. The predicted octanol–water partition coefficient (Wildman–Crippen LogP) is 2.73. The second-order valence-electron chi connectivity index (χ2n) is 4.88. The molecule has 102 valence electrons. The Kier molecular flexibility index (Phi) is 3.12. The number of benzene rings is 1. The quantitative estimate of drug-likeness (QED) is 0.765. The molecule has 2 heterocycles. The molecular formula is C15H17N5. The van der Waals surface area contributed by atoms with Crippen molar-refractivity contribution in [1.29, 1.82) is 0 Å². The fourth-order valence-corrected chi connectivity index (χ4v) is 2.29. The van der Waals surface area contributed by atoms with Gasteiger partial charge in [-0.15, -0.1) is 0 Å². The Labute approximate surface area is 117 Å². The van der Waals surface area contributed by atoms with Crippen molar-refractivity contribution in [3.8, 4) is 0 Å². The molecule has 0 bridgehead atoms. The van der Waals surface area contributed by atoms with Crippen molar-refractivity contribution in [2.45, 2.75) is 13.0 Å². The minimum atomic E-state index is -0.0402. The first-order valence-corrected chi connectivity index (χ1v) is 6.54. The van der Waals surface area contributed by atoms with Crippen LogP contribution in [-0.4, -0.2) is 14.5 Å². The van der Waals surface area contributed by atoms with E-state index >= 15 is 0 Å². The molecule has 0 saturated carbocycles. The Morgan fingerprint density at radius 3 is 2.80 bits per heavy atom. The summed E-state index contributed by atoms with van der Waals surface area (Å²) < 4.78 is 1.97. The average Bonchev–Trinajstić information content (AvgIpc) is 2.82. The Morgan fingerprint density at radius 2 is 2.00 bits per heavy atom. The van der Waals surface area contributed by atoms with Crippen LogP contribution < -0.4 is 11.1 Å². The van der Waals surface area contributed by atoms with E-state index in [2.05, 4.69) is 15.3 Å². The molecule has 3 rings (SSSR count). The lowest BCUT2D eigenvalue weighted by atomic mass is 10.1. The summed E-state index contributed by atoms with van der Waals surface area (Å²) in [5.74, 6) is 0.746. The van der Waals surface area contributed by atoms with Crippen LogP contribution in [0.25, 0.3) is 11.0 Å². The maximum atomic E-state index is 6.00. The van der Waals surface area contributed by atoms with E-state index in [1.54, 1.807) is 12.5 Å². The summed E-state index contributed by atoms with van der Waals surface area (Å²) in [7, 11) is 1.97. The third kappa shape index (κ3) is 2.12. The van der Waals surface area contributed by atoms with Crippen LogP contribution in [0.5, 0.6) is 0 Å². The number of aromatic nitrogens is 3. The lowest BCUT2D eigenvalue weighted by Crippen LogP contribution is -2.08. The number of hydrogen-bond acceptors (Lipinski definition) is 4. The minimum Gasteiger partial charge on any atom is -0.338 e. The fraction of sp³-hybridized carbons (Fsp3) is 0.200. The van der Waals surface area contributed by atoms with Crippen molar-refractivity contribution in [3.63, 3.8) is 0 Å². The SMILES string of the molecule is CC(N)c1ccccc1Nc1nccc2c1ncn2C. The first-order valence-electron chi connectivity index (χ1n) is 6.54. The Hall–Kier alpha value is -2.40. The van der Waals surface area contributed by atoms with E-state index in [0.29, 0.717) is 0 Å². The van der Waals surface area contributed by atoms with Gasteiger partial charge in [-0.2, -0.15) is 0 Å². The fourth-order valence-electron chi connectivity index (χ4n) is 2.29. The summed E-state index contributed by atoms with van der Waals surface area (Å²) in [5.41, 5.74) is 9.93. The van der Waals surface area contributed by atoms with E-state index < -0.39 is 0 Å². The maximum absolute atomic E-state index is 6.00. The largest absolute Gasteiger partial charge is 0.338 e. The molecule has 0 amide bonds. The number of anilines is 2. The Balaban J connectivity index is 2.06. The van der Waals surface area contributed by atoms with Crippen molar-refractivity contribution in [2.75, 3.05) is 5.32 Å². The molecular weight excluding hydrogens is 250 g/mol. The molecule has 0 aliphatic carbocycles. The molecule has 2 aromatic heterocycles. The van der Waals surface area contributed by atoms with Gasteiger partial charge >= 0.3 is 0 Å². The van der Waals surface area contributed by atoms with Gasteiger partial charge in [0.15, 0.2) is 5.82 Å². The number of nitrogens with two attached hydrogens (primary N) is 1. The summed E-state index contributed by atoms with van der Waals surface area (Å²) in [6, 6.07) is 9.89. The van der Waals surface area contributed by atoms with Crippen LogP contribution in [0, 0.1) is 0 Å². The molecule has 3 aromatic rings. The topological polar surface area (TPSA) is 68.8 Å². The molecule has 0 spiro atoms. The number of para-hydroxylation sites is 1. The summed E-state index contributed by atoms with van der Waals surface area (Å²) in [6.07, 6.45) is 3.57. The molecule has 0 radical (unpaired) electrons. The smallest absolute Gasteiger partial charge is 0.158 e. The van der Waals surface area contributed by atoms with E-state index in [4.69, 9.17) is 5.73 Å². The van der Waals surface area contributed by atoms with E-state index in [0.717, 1.165) is 28.1 Å². The highest BCUT2D eigenvalue weighted by Gasteiger charge is 2.10. The number of nitrogens with zero attached hydrogens (tertiary/aromatic N) is 3. The van der Waals surface area contributed by atoms with Gasteiger partial charge in [0.2, 0.25) is 0 Å². The van der Waals surface area contributed by atoms with Crippen molar-refractivity contribution < 1.29 is 0 Å². The maximum Gasteiger partial charge on any atom is 0.158 e. The van der Waals surface area contributed by atoms with Gasteiger partial charge < -0.3 is 15.6 Å². The molecule has 20 heavy (non-hydrogen) atoms. The van der Waals surface area contributed by atoms with Crippen LogP contribution in [0.4, 0.5) is 11.5 Å². The van der Waals surface area contributed by atoms with Gasteiger partial charge in [-0.25, -0.2) is 9.97 Å². The van der Waals surface area contributed by atoms with Crippen LogP contribution in [0.2, 0.25) is 0 Å². The monoisotopic (exact) mass is 267 g/mol. The molecule has 1 unspecified atom stereocenters. The number of imidazole rings is 1. The number of aryl methyl sites for hydroxylation is 1. The zero-order valence-corrected chi connectivity index (χ0v) is 11.5. The van der Waals surface area contributed by atoms with Crippen LogP contribution in [0.3, 0.4) is 0 Å². The lowest BCUT2D eigenvalue weighted by Gasteiger charge is -2.14. The van der Waals surface area contributed by atoms with Crippen molar-refractivity contribution in [2.24, 2.45) is 12.8 Å². The number of rotatable bonds is 3. The van der Waals surface area contributed by atoms with Gasteiger partial charge in [0, 0.05) is 25.0 Å². The van der Waals surface area contributed by atoms with Gasteiger partial charge in [0.1, 0.15) is 5.52 Å². The van der Waals surface area contributed by atoms with Crippen molar-refractivity contribution in [1.82, 2.24) is 14.5 Å². The zero-order chi connectivity index (χ0) is 14.1. The van der Waals surface area contributed by atoms with Crippen LogP contribution in [0.15, 0.2) is 42.9 Å². The van der Waals surface area contributed by atoms with E-state index in [9.17, 15) is 0 Å². The van der Waals surface area contributed by atoms with Crippen LogP contribution >= 0.6 is 0 Å². The Bertz CT molecular complexity index is 745. The molecule has 0 saturated heterocycles. The molecule has 0 aliphatic heterocycles. The molecule has 0 fully saturated rings. The summed E-state index contributed by atoms with van der Waals surface area (Å²) >= 11 is 0. The van der Waals surface area contributed by atoms with Gasteiger partial charge in [-0.05, 0) is 24.6 Å². The van der Waals surface area contributed by atoms with Gasteiger partial charge in [-0.1, -0.05) is 18.2 Å². The minimum absolute atomic E-state index is 0.0402. The van der Waals surface area contributed by atoms with Crippen LogP contribution in [-0.2, 0) is 7.05 Å². The van der Waals surface area contributed by atoms with E-state index in [1.165, 1.54) is 0 Å².